The van der Waals surface area contributed by atoms with Crippen molar-refractivity contribution < 1.29 is 14.3 Å². The number of nitrogens with zero attached hydrogens (tertiary/aromatic N) is 4. The minimum atomic E-state index is -0.548. The Balaban J connectivity index is 1.39. The summed E-state index contributed by atoms with van der Waals surface area (Å²) in [6.45, 7) is 6.84. The molecule has 0 bridgehead atoms. The molecule has 41 heavy (non-hydrogen) atoms. The van der Waals surface area contributed by atoms with Crippen LogP contribution in [0, 0.1) is 5.92 Å². The number of carbonyl (C=O) groups excluding carboxylic acids is 2. The van der Waals surface area contributed by atoms with E-state index in [0.717, 1.165) is 59.2 Å². The molecule has 214 valence electrons. The zero-order valence-corrected chi connectivity index (χ0v) is 24.3. The highest BCUT2D eigenvalue weighted by atomic mass is 16.5. The van der Waals surface area contributed by atoms with Crippen molar-refractivity contribution in [2.24, 2.45) is 5.92 Å². The Morgan fingerprint density at radius 2 is 1.71 bits per heavy atom. The van der Waals surface area contributed by atoms with E-state index in [1.54, 1.807) is 11.2 Å². The molecule has 2 heterocycles. The van der Waals surface area contributed by atoms with E-state index in [0.29, 0.717) is 25.5 Å². The maximum absolute atomic E-state index is 13.5. The van der Waals surface area contributed by atoms with Gasteiger partial charge in [-0.15, -0.1) is 0 Å². The first-order valence-electron chi connectivity index (χ1n) is 14.6. The highest BCUT2D eigenvalue weighted by Crippen LogP contribution is 2.26. The van der Waals surface area contributed by atoms with Crippen LogP contribution in [0.3, 0.4) is 0 Å². The number of carbonyl (C=O) groups is 2. The van der Waals surface area contributed by atoms with E-state index in [2.05, 4.69) is 42.2 Å². The molecular formula is C34H40N4O3. The minimum absolute atomic E-state index is 0.0101. The summed E-state index contributed by atoms with van der Waals surface area (Å²) in [6.07, 6.45) is 3.70. The van der Waals surface area contributed by atoms with Crippen LogP contribution in [0.2, 0.25) is 0 Å². The van der Waals surface area contributed by atoms with E-state index < -0.39 is 6.10 Å². The highest BCUT2D eigenvalue weighted by Gasteiger charge is 2.28. The van der Waals surface area contributed by atoms with Gasteiger partial charge >= 0.3 is 0 Å². The normalized spacial score (nSPS) is 14.8. The third-order valence-corrected chi connectivity index (χ3v) is 8.12. The fourth-order valence-corrected chi connectivity index (χ4v) is 5.58. The lowest BCUT2D eigenvalue weighted by Crippen LogP contribution is -2.45. The molecule has 1 aliphatic heterocycles. The quantitative estimate of drug-likeness (QED) is 0.258. The molecule has 5 rings (SSSR count). The van der Waals surface area contributed by atoms with E-state index in [4.69, 9.17) is 4.74 Å². The second-order valence-electron chi connectivity index (χ2n) is 11.1. The van der Waals surface area contributed by atoms with Crippen LogP contribution in [-0.2, 0) is 33.8 Å². The number of imidazole rings is 1. The molecule has 0 saturated carbocycles. The van der Waals surface area contributed by atoms with Crippen molar-refractivity contribution >= 4 is 22.8 Å². The second kappa shape index (κ2) is 13.1. The number of ether oxygens (including phenoxy) is 1. The Kier molecular flexibility index (Phi) is 9.14. The van der Waals surface area contributed by atoms with E-state index >= 15 is 0 Å². The lowest BCUT2D eigenvalue weighted by Gasteiger charge is -2.33. The van der Waals surface area contributed by atoms with Crippen LogP contribution < -0.4 is 0 Å². The number of amides is 2. The molecule has 1 unspecified atom stereocenters. The molecule has 2 amide bonds. The maximum atomic E-state index is 13.5. The number of likely N-dealkylation sites (N-methyl/N-ethyl adjacent to an activating group) is 1. The topological polar surface area (TPSA) is 67.7 Å². The number of rotatable bonds is 10. The van der Waals surface area contributed by atoms with Crippen LogP contribution in [-0.4, -0.2) is 64.0 Å². The summed E-state index contributed by atoms with van der Waals surface area (Å²) in [5.41, 5.74) is 6.04. The Hall–Kier alpha value is -3.97. The van der Waals surface area contributed by atoms with E-state index in [1.165, 1.54) is 0 Å². The second-order valence-corrected chi connectivity index (χ2v) is 11.1. The van der Waals surface area contributed by atoms with Crippen molar-refractivity contribution in [1.29, 1.82) is 0 Å². The number of piperidine rings is 1. The van der Waals surface area contributed by atoms with E-state index in [-0.39, 0.29) is 18.4 Å². The molecule has 7 heteroatoms. The smallest absolute Gasteiger partial charge is 0.252 e. The van der Waals surface area contributed by atoms with Crippen LogP contribution in [0.15, 0.2) is 79.1 Å². The van der Waals surface area contributed by atoms with Crippen LogP contribution in [0.1, 0.15) is 37.8 Å². The van der Waals surface area contributed by atoms with Gasteiger partial charge in [0.25, 0.3) is 5.91 Å². The van der Waals surface area contributed by atoms with Crippen molar-refractivity contribution in [2.75, 3.05) is 26.7 Å². The Bertz CT molecular complexity index is 1470. The third kappa shape index (κ3) is 6.85. The lowest BCUT2D eigenvalue weighted by atomic mass is 9.94. The number of para-hydroxylation sites is 2. The lowest BCUT2D eigenvalue weighted by molar-refractivity contribution is -0.144. The number of fused-ring (bicyclic) bond motifs is 1. The largest absolute Gasteiger partial charge is 0.368 e. The zero-order valence-electron chi connectivity index (χ0n) is 24.3. The van der Waals surface area contributed by atoms with Gasteiger partial charge in [-0.3, -0.25) is 9.59 Å². The summed E-state index contributed by atoms with van der Waals surface area (Å²) in [5, 5.41) is 0. The third-order valence-electron chi connectivity index (χ3n) is 8.12. The van der Waals surface area contributed by atoms with Gasteiger partial charge in [-0.05, 0) is 66.1 Å². The van der Waals surface area contributed by atoms with Crippen molar-refractivity contribution in [1.82, 2.24) is 19.4 Å². The maximum Gasteiger partial charge on any atom is 0.252 e. The standard InChI is InChI=1S/C34H40N4O3/c1-4-41-32(34(40)37-18-16-25(2)17-19-37)21-28-15-14-27(26-10-6-5-7-11-26)20-29(28)22-36(3)33(39)23-38-24-35-30-12-8-9-13-31(30)38/h5-15,20,24-25,32H,4,16-19,21-23H2,1-3H3. The summed E-state index contributed by atoms with van der Waals surface area (Å²) in [4.78, 5) is 35.1. The number of hydrogen-bond acceptors (Lipinski definition) is 4. The molecule has 1 aliphatic rings. The first kappa shape index (κ1) is 28.6. The molecule has 0 spiro atoms. The Morgan fingerprint density at radius 1 is 0.976 bits per heavy atom. The average molecular weight is 553 g/mol. The van der Waals surface area contributed by atoms with Crippen molar-refractivity contribution in [3.8, 4) is 11.1 Å². The van der Waals surface area contributed by atoms with Crippen molar-refractivity contribution in [3.63, 3.8) is 0 Å². The molecule has 1 saturated heterocycles. The van der Waals surface area contributed by atoms with E-state index in [1.807, 2.05) is 65.9 Å². The van der Waals surface area contributed by atoms with Gasteiger partial charge in [-0.2, -0.15) is 0 Å². The molecule has 1 fully saturated rings. The molecule has 1 atom stereocenters. The van der Waals surface area contributed by atoms with Gasteiger partial charge in [-0.1, -0.05) is 61.5 Å². The van der Waals surface area contributed by atoms with Crippen LogP contribution in [0.5, 0.6) is 0 Å². The Labute approximate surface area is 242 Å². The fraction of sp³-hybridized carbons (Fsp3) is 0.382. The molecule has 1 aromatic heterocycles. The molecule has 0 aliphatic carbocycles. The fourth-order valence-electron chi connectivity index (χ4n) is 5.58. The van der Waals surface area contributed by atoms with E-state index in [9.17, 15) is 9.59 Å². The zero-order chi connectivity index (χ0) is 28.8. The SMILES string of the molecule is CCOC(Cc1ccc(-c2ccccc2)cc1CN(C)C(=O)Cn1cnc2ccccc21)C(=O)N1CCC(C)CC1. The van der Waals surface area contributed by atoms with Crippen molar-refractivity contribution in [3.05, 3.63) is 90.3 Å². The number of likely N-dealkylation sites (tertiary alicyclic amines) is 1. The summed E-state index contributed by atoms with van der Waals surface area (Å²) in [7, 11) is 1.83. The summed E-state index contributed by atoms with van der Waals surface area (Å²) >= 11 is 0. The van der Waals surface area contributed by atoms with Gasteiger partial charge in [0.15, 0.2) is 0 Å². The molecule has 0 N–H and O–H groups in total. The van der Waals surface area contributed by atoms with Gasteiger partial charge in [0, 0.05) is 39.7 Å². The van der Waals surface area contributed by atoms with Crippen LogP contribution in [0.4, 0.5) is 0 Å². The monoisotopic (exact) mass is 552 g/mol. The first-order valence-corrected chi connectivity index (χ1v) is 14.6. The van der Waals surface area contributed by atoms with Crippen LogP contribution >= 0.6 is 0 Å². The predicted octanol–water partition coefficient (Wildman–Crippen LogP) is 5.57. The highest BCUT2D eigenvalue weighted by molar-refractivity contribution is 5.82. The van der Waals surface area contributed by atoms with Gasteiger partial charge < -0.3 is 19.1 Å². The predicted molar refractivity (Wildman–Crippen MR) is 162 cm³/mol. The molecular weight excluding hydrogens is 512 g/mol. The molecule has 7 nitrogen and oxygen atoms in total. The van der Waals surface area contributed by atoms with Gasteiger partial charge in [-0.25, -0.2) is 4.98 Å². The Morgan fingerprint density at radius 3 is 2.46 bits per heavy atom. The van der Waals surface area contributed by atoms with Crippen LogP contribution in [0.25, 0.3) is 22.2 Å². The number of hydrogen-bond donors (Lipinski definition) is 0. The molecule has 3 aromatic carbocycles. The number of aromatic nitrogens is 2. The molecule has 4 aromatic rings. The molecule has 0 radical (unpaired) electrons. The minimum Gasteiger partial charge on any atom is -0.368 e. The summed E-state index contributed by atoms with van der Waals surface area (Å²) in [5.74, 6) is 0.701. The average Bonchev–Trinajstić information content (AvgIpc) is 3.40. The van der Waals surface area contributed by atoms with Crippen molar-refractivity contribution in [2.45, 2.75) is 52.3 Å². The first-order chi connectivity index (χ1) is 19.9. The number of benzene rings is 3. The summed E-state index contributed by atoms with van der Waals surface area (Å²) < 4.78 is 7.93. The van der Waals surface area contributed by atoms with Gasteiger partial charge in [0.2, 0.25) is 5.91 Å². The summed E-state index contributed by atoms with van der Waals surface area (Å²) in [6, 6.07) is 24.4. The van der Waals surface area contributed by atoms with Gasteiger partial charge in [0.05, 0.1) is 17.4 Å². The van der Waals surface area contributed by atoms with Gasteiger partial charge in [0.1, 0.15) is 12.6 Å².